The number of rotatable bonds is 3. The summed E-state index contributed by atoms with van der Waals surface area (Å²) >= 11 is 6.74. The molecule has 0 fully saturated rings. The zero-order valence-electron chi connectivity index (χ0n) is 7.91. The highest BCUT2D eigenvalue weighted by molar-refractivity contribution is 9.10. The highest BCUT2D eigenvalue weighted by Crippen LogP contribution is 2.18. The normalized spacial score (nSPS) is 22.8. The third-order valence-electron chi connectivity index (χ3n) is 2.43. The quantitative estimate of drug-likeness (QED) is 0.611. The Morgan fingerprint density at radius 3 is 2.93 bits per heavy atom. The Hall–Kier alpha value is -0.480. The molecule has 1 atom stereocenters. The van der Waals surface area contributed by atoms with Crippen molar-refractivity contribution in [3.63, 3.8) is 0 Å². The first-order chi connectivity index (χ1) is 7.19. The summed E-state index contributed by atoms with van der Waals surface area (Å²) in [4.78, 5) is 15.6. The molecule has 1 aromatic rings. The van der Waals surface area contributed by atoms with Gasteiger partial charge in [-0.25, -0.2) is 0 Å². The summed E-state index contributed by atoms with van der Waals surface area (Å²) in [5.41, 5.74) is -0.660. The van der Waals surface area contributed by atoms with Crippen LogP contribution in [0.5, 0.6) is 0 Å². The van der Waals surface area contributed by atoms with E-state index in [1.165, 1.54) is 0 Å². The summed E-state index contributed by atoms with van der Waals surface area (Å²) in [5, 5.41) is 2.68. The van der Waals surface area contributed by atoms with Crippen molar-refractivity contribution in [3.05, 3.63) is 33.2 Å². The zero-order chi connectivity index (χ0) is 10.9. The number of alkyl halides is 1. The van der Waals surface area contributed by atoms with Gasteiger partial charge in [0.25, 0.3) is 0 Å². The zero-order valence-corrected chi connectivity index (χ0v) is 11.1. The van der Waals surface area contributed by atoms with E-state index >= 15 is 0 Å². The fourth-order valence-electron chi connectivity index (χ4n) is 1.66. The number of benzene rings is 1. The van der Waals surface area contributed by atoms with Crippen LogP contribution in [0.15, 0.2) is 27.7 Å². The van der Waals surface area contributed by atoms with Crippen molar-refractivity contribution in [2.24, 2.45) is 4.99 Å². The lowest BCUT2D eigenvalue weighted by Crippen LogP contribution is -2.24. The number of carbonyl (C=O) groups is 1. The highest BCUT2D eigenvalue weighted by Gasteiger charge is 2.27. The Kier molecular flexibility index (Phi) is 3.07. The Labute approximate surface area is 104 Å². The summed E-state index contributed by atoms with van der Waals surface area (Å²) < 4.78 is 0.985. The molecule has 2 nitrogen and oxygen atoms in total. The Bertz CT molecular complexity index is 512. The van der Waals surface area contributed by atoms with Crippen molar-refractivity contribution in [1.29, 1.82) is 0 Å². The lowest BCUT2D eigenvalue weighted by molar-refractivity contribution is -0.110. The summed E-state index contributed by atoms with van der Waals surface area (Å²) in [6.45, 7) is 0. The van der Waals surface area contributed by atoms with Crippen LogP contribution < -0.4 is 10.6 Å². The smallest absolute Gasteiger partial charge is 0.151 e. The van der Waals surface area contributed by atoms with E-state index in [9.17, 15) is 4.79 Å². The second kappa shape index (κ2) is 4.18. The monoisotopic (exact) mass is 329 g/mol. The molecule has 1 unspecified atom stereocenters. The Morgan fingerprint density at radius 2 is 2.27 bits per heavy atom. The van der Waals surface area contributed by atoms with Gasteiger partial charge in [-0.2, -0.15) is 0 Å². The molecule has 15 heavy (non-hydrogen) atoms. The van der Waals surface area contributed by atoms with Crippen LogP contribution in [-0.2, 0) is 4.79 Å². The van der Waals surface area contributed by atoms with Crippen LogP contribution in [0.4, 0.5) is 0 Å². The second-order valence-corrected chi connectivity index (χ2v) is 5.22. The fraction of sp³-hybridized carbons (Fsp3) is 0.273. The number of fused-ring (bicyclic) bond motifs is 1. The first-order valence-electron chi connectivity index (χ1n) is 4.60. The van der Waals surface area contributed by atoms with Gasteiger partial charge < -0.3 is 4.79 Å². The van der Waals surface area contributed by atoms with Gasteiger partial charge >= 0.3 is 0 Å². The van der Waals surface area contributed by atoms with Crippen LogP contribution >= 0.6 is 31.9 Å². The molecule has 1 heterocycles. The van der Waals surface area contributed by atoms with Crippen LogP contribution in [0.2, 0.25) is 0 Å². The molecule has 0 aliphatic carbocycles. The lowest BCUT2D eigenvalue weighted by atomic mass is 10.00. The van der Waals surface area contributed by atoms with Gasteiger partial charge in [0.2, 0.25) is 0 Å². The number of hydrogen-bond acceptors (Lipinski definition) is 2. The number of carbonyl (C=O) groups excluding carboxylic acids is 1. The summed E-state index contributed by atoms with van der Waals surface area (Å²) in [5.74, 6) is 0. The van der Waals surface area contributed by atoms with Crippen molar-refractivity contribution in [2.75, 3.05) is 5.33 Å². The number of aldehydes is 1. The molecule has 1 aromatic carbocycles. The summed E-state index contributed by atoms with van der Waals surface area (Å²) in [6.07, 6.45) is 3.55. The molecule has 0 aromatic heterocycles. The third kappa shape index (κ3) is 2.06. The van der Waals surface area contributed by atoms with E-state index in [2.05, 4.69) is 36.9 Å². The molecule has 78 valence electrons. The first kappa shape index (κ1) is 11.0. The third-order valence-corrected chi connectivity index (χ3v) is 3.32. The van der Waals surface area contributed by atoms with Gasteiger partial charge in [-0.1, -0.05) is 37.9 Å². The van der Waals surface area contributed by atoms with Gasteiger partial charge in [-0.05, 0) is 29.8 Å². The molecule has 1 aliphatic rings. The molecule has 4 heteroatoms. The molecule has 0 radical (unpaired) electrons. The minimum absolute atomic E-state index is 0.660. The van der Waals surface area contributed by atoms with Crippen LogP contribution in [-0.4, -0.2) is 17.2 Å². The maximum Gasteiger partial charge on any atom is 0.151 e. The lowest BCUT2D eigenvalue weighted by Gasteiger charge is -2.14. The molecule has 1 aliphatic heterocycles. The van der Waals surface area contributed by atoms with E-state index in [-0.39, 0.29) is 0 Å². The van der Waals surface area contributed by atoms with Gasteiger partial charge in [-0.3, -0.25) is 4.99 Å². The number of nitrogens with zero attached hydrogens (tertiary/aromatic N) is 1. The standard InChI is InChI=1S/C11H9Br2NO/c12-4-3-11(7-15)6-8-1-2-9(13)5-10(8)14-11/h1-2,5-7H,3-4H2. The van der Waals surface area contributed by atoms with Crippen molar-refractivity contribution in [3.8, 4) is 0 Å². The van der Waals surface area contributed by atoms with Crippen LogP contribution in [0, 0.1) is 0 Å². The van der Waals surface area contributed by atoms with E-state index in [0.717, 1.165) is 26.7 Å². The van der Waals surface area contributed by atoms with Crippen LogP contribution in [0.25, 0.3) is 6.08 Å². The average molecular weight is 331 g/mol. The summed E-state index contributed by atoms with van der Waals surface area (Å²) in [7, 11) is 0. The Balaban J connectivity index is 2.58. The molecular formula is C11H9Br2NO. The summed E-state index contributed by atoms with van der Waals surface area (Å²) in [6, 6.07) is 5.87. The van der Waals surface area contributed by atoms with Crippen LogP contribution in [0.1, 0.15) is 6.42 Å². The molecule has 0 saturated carbocycles. The maximum absolute atomic E-state index is 11.1. The molecular weight excluding hydrogens is 322 g/mol. The first-order valence-corrected chi connectivity index (χ1v) is 6.51. The van der Waals surface area contributed by atoms with Crippen molar-refractivity contribution in [2.45, 2.75) is 12.0 Å². The molecule has 0 N–H and O–H groups in total. The van der Waals surface area contributed by atoms with E-state index in [4.69, 9.17) is 0 Å². The minimum Gasteiger partial charge on any atom is -0.300 e. The molecule has 0 amide bonds. The topological polar surface area (TPSA) is 29.4 Å². The predicted octanol–water partition coefficient (Wildman–Crippen LogP) is 1.59. The molecule has 0 bridgehead atoms. The Morgan fingerprint density at radius 1 is 1.47 bits per heavy atom. The predicted molar refractivity (Wildman–Crippen MR) is 66.6 cm³/mol. The van der Waals surface area contributed by atoms with E-state index in [1.807, 2.05) is 24.3 Å². The largest absolute Gasteiger partial charge is 0.300 e. The maximum atomic E-state index is 11.1. The van der Waals surface area contributed by atoms with Crippen molar-refractivity contribution >= 4 is 44.2 Å². The number of hydrogen-bond donors (Lipinski definition) is 0. The van der Waals surface area contributed by atoms with E-state index in [1.54, 1.807) is 0 Å². The fourth-order valence-corrected chi connectivity index (χ4v) is 2.64. The minimum atomic E-state index is -0.660. The van der Waals surface area contributed by atoms with Gasteiger partial charge in [0.05, 0.1) is 5.36 Å². The van der Waals surface area contributed by atoms with E-state index in [0.29, 0.717) is 6.42 Å². The SMILES string of the molecule is O=CC1(CCBr)C=c2ccc(Br)cc2=N1. The highest BCUT2D eigenvalue weighted by atomic mass is 79.9. The van der Waals surface area contributed by atoms with Gasteiger partial charge in [-0.15, -0.1) is 0 Å². The average Bonchev–Trinajstić information content (AvgIpc) is 2.56. The number of halogens is 2. The van der Waals surface area contributed by atoms with Gasteiger partial charge in [0, 0.05) is 9.80 Å². The van der Waals surface area contributed by atoms with Crippen molar-refractivity contribution in [1.82, 2.24) is 0 Å². The molecule has 2 rings (SSSR count). The molecule has 0 spiro atoms. The van der Waals surface area contributed by atoms with Crippen molar-refractivity contribution < 1.29 is 4.79 Å². The van der Waals surface area contributed by atoms with Gasteiger partial charge in [0.1, 0.15) is 5.54 Å². The van der Waals surface area contributed by atoms with Gasteiger partial charge in [0.15, 0.2) is 6.29 Å². The second-order valence-electron chi connectivity index (χ2n) is 3.51. The van der Waals surface area contributed by atoms with E-state index < -0.39 is 5.54 Å². The van der Waals surface area contributed by atoms with Crippen LogP contribution in [0.3, 0.4) is 0 Å². The molecule has 0 saturated heterocycles.